The normalized spacial score (nSPS) is 12.4. The van der Waals surface area contributed by atoms with Crippen LogP contribution < -0.4 is 15.6 Å². The van der Waals surface area contributed by atoms with Crippen LogP contribution in [0.25, 0.3) is 0 Å². The molecule has 0 radical (unpaired) electrons. The Hall–Kier alpha value is -1.31. The molecule has 0 unspecified atom stereocenters. The van der Waals surface area contributed by atoms with E-state index in [1.54, 1.807) is 6.07 Å². The van der Waals surface area contributed by atoms with Gasteiger partial charge < -0.3 is 10.5 Å². The van der Waals surface area contributed by atoms with E-state index in [1.807, 2.05) is 0 Å². The van der Waals surface area contributed by atoms with Gasteiger partial charge in [-0.25, -0.2) is 13.6 Å². The van der Waals surface area contributed by atoms with Crippen LogP contribution in [0.2, 0.25) is 0 Å². The minimum atomic E-state index is -3.80. The first-order valence-corrected chi connectivity index (χ1v) is 8.48. The van der Waals surface area contributed by atoms with Crippen molar-refractivity contribution in [2.24, 2.45) is 5.14 Å². The second-order valence-corrected chi connectivity index (χ2v) is 7.05. The third-order valence-corrected chi connectivity index (χ3v) is 4.22. The molecule has 0 aliphatic heterocycles. The summed E-state index contributed by atoms with van der Waals surface area (Å²) in [4.78, 5) is 2.23. The molecule has 0 saturated heterocycles. The largest absolute Gasteiger partial charge is 0.492 e. The first-order chi connectivity index (χ1) is 9.62. The van der Waals surface area contributed by atoms with Gasteiger partial charge in [-0.2, -0.15) is 0 Å². The maximum Gasteiger partial charge on any atom is 0.240 e. The van der Waals surface area contributed by atoms with Gasteiger partial charge in [-0.15, -0.1) is 0 Å². The molecule has 1 rings (SSSR count). The molecule has 120 valence electrons. The Labute approximate surface area is 127 Å². The summed E-state index contributed by atoms with van der Waals surface area (Å²) >= 11 is 0. The molecule has 0 atom stereocenters. The Balaban J connectivity index is 2.67. The number of anilines is 1. The third-order valence-electron chi connectivity index (χ3n) is 3.23. The SMILES string of the molecule is CC(C)N(CCOc1ccc(S(N)(=O)=O)c(N)c1)C(C)C. The summed E-state index contributed by atoms with van der Waals surface area (Å²) in [5.74, 6) is 0.535. The van der Waals surface area contributed by atoms with Crippen molar-refractivity contribution in [2.45, 2.75) is 44.7 Å². The zero-order valence-electron chi connectivity index (χ0n) is 13.0. The van der Waals surface area contributed by atoms with Crippen molar-refractivity contribution in [2.75, 3.05) is 18.9 Å². The summed E-state index contributed by atoms with van der Waals surface area (Å²) in [5.41, 5.74) is 5.78. The molecule has 0 heterocycles. The minimum Gasteiger partial charge on any atom is -0.492 e. The molecule has 1 aromatic rings. The van der Waals surface area contributed by atoms with E-state index in [1.165, 1.54) is 12.1 Å². The molecule has 21 heavy (non-hydrogen) atoms. The summed E-state index contributed by atoms with van der Waals surface area (Å²) in [6, 6.07) is 5.27. The van der Waals surface area contributed by atoms with Crippen LogP contribution in [-0.4, -0.2) is 38.6 Å². The molecule has 0 aliphatic carbocycles. The Bertz CT molecular complexity index is 563. The standard InChI is InChI=1S/C14H25N3O3S/c1-10(2)17(11(3)4)7-8-20-12-5-6-14(13(15)9-12)21(16,18)19/h5-6,9-11H,7-8,15H2,1-4H3,(H2,16,18,19). The first-order valence-electron chi connectivity index (χ1n) is 6.93. The fraction of sp³-hybridized carbons (Fsp3) is 0.571. The third kappa shape index (κ3) is 5.18. The van der Waals surface area contributed by atoms with Crippen LogP contribution in [0, 0.1) is 0 Å². The van der Waals surface area contributed by atoms with Gasteiger partial charge in [0.15, 0.2) is 0 Å². The average Bonchev–Trinajstić information content (AvgIpc) is 2.32. The summed E-state index contributed by atoms with van der Waals surface area (Å²) in [6.07, 6.45) is 0. The second-order valence-electron chi connectivity index (χ2n) is 5.52. The number of nitrogen functional groups attached to an aromatic ring is 1. The average molecular weight is 315 g/mol. The minimum absolute atomic E-state index is 0.0826. The molecular weight excluding hydrogens is 290 g/mol. The van der Waals surface area contributed by atoms with Gasteiger partial charge in [-0.3, -0.25) is 4.90 Å². The Morgan fingerprint density at radius 2 is 1.76 bits per heavy atom. The Morgan fingerprint density at radius 3 is 2.19 bits per heavy atom. The summed E-state index contributed by atoms with van der Waals surface area (Å²) < 4.78 is 28.2. The Morgan fingerprint density at radius 1 is 1.19 bits per heavy atom. The highest BCUT2D eigenvalue weighted by molar-refractivity contribution is 7.89. The zero-order chi connectivity index (χ0) is 16.2. The van der Waals surface area contributed by atoms with E-state index in [0.29, 0.717) is 24.4 Å². The van der Waals surface area contributed by atoms with Gasteiger partial charge in [-0.05, 0) is 39.8 Å². The van der Waals surface area contributed by atoms with Crippen molar-refractivity contribution >= 4 is 15.7 Å². The number of primary sulfonamides is 1. The van der Waals surface area contributed by atoms with Crippen LogP contribution in [0.1, 0.15) is 27.7 Å². The molecule has 0 fully saturated rings. The number of nitrogens with two attached hydrogens (primary N) is 2. The van der Waals surface area contributed by atoms with E-state index in [-0.39, 0.29) is 10.6 Å². The number of rotatable bonds is 7. The van der Waals surface area contributed by atoms with Crippen LogP contribution in [-0.2, 0) is 10.0 Å². The van der Waals surface area contributed by atoms with Crippen molar-refractivity contribution in [1.82, 2.24) is 4.90 Å². The molecule has 1 aromatic carbocycles. The lowest BCUT2D eigenvalue weighted by atomic mass is 10.2. The predicted molar refractivity (Wildman–Crippen MR) is 84.7 cm³/mol. The van der Waals surface area contributed by atoms with Crippen molar-refractivity contribution in [3.8, 4) is 5.75 Å². The summed E-state index contributed by atoms with van der Waals surface area (Å²) in [6.45, 7) is 9.84. The fourth-order valence-corrected chi connectivity index (χ4v) is 2.90. The highest BCUT2D eigenvalue weighted by atomic mass is 32.2. The number of sulfonamides is 1. The molecule has 7 heteroatoms. The number of hydrogen-bond acceptors (Lipinski definition) is 5. The van der Waals surface area contributed by atoms with Crippen LogP contribution in [0.15, 0.2) is 23.1 Å². The van der Waals surface area contributed by atoms with E-state index >= 15 is 0 Å². The van der Waals surface area contributed by atoms with E-state index in [4.69, 9.17) is 15.6 Å². The molecule has 0 aliphatic rings. The lowest BCUT2D eigenvalue weighted by Crippen LogP contribution is -2.39. The van der Waals surface area contributed by atoms with Crippen molar-refractivity contribution < 1.29 is 13.2 Å². The zero-order valence-corrected chi connectivity index (χ0v) is 13.9. The van der Waals surface area contributed by atoms with Crippen LogP contribution in [0.4, 0.5) is 5.69 Å². The highest BCUT2D eigenvalue weighted by Crippen LogP contribution is 2.22. The maximum atomic E-state index is 11.3. The van der Waals surface area contributed by atoms with Gasteiger partial charge in [0.05, 0.1) is 5.69 Å². The fourth-order valence-electron chi connectivity index (χ4n) is 2.26. The van der Waals surface area contributed by atoms with E-state index < -0.39 is 10.0 Å². The van der Waals surface area contributed by atoms with Gasteiger partial charge in [0, 0.05) is 24.7 Å². The number of benzene rings is 1. The van der Waals surface area contributed by atoms with Crippen LogP contribution >= 0.6 is 0 Å². The van der Waals surface area contributed by atoms with Gasteiger partial charge in [-0.1, -0.05) is 0 Å². The van der Waals surface area contributed by atoms with Crippen LogP contribution in [0.5, 0.6) is 5.75 Å². The first kappa shape index (κ1) is 17.7. The summed E-state index contributed by atoms with van der Waals surface area (Å²) in [5, 5.41) is 5.06. The van der Waals surface area contributed by atoms with Gasteiger partial charge in [0.25, 0.3) is 0 Å². The van der Waals surface area contributed by atoms with Crippen molar-refractivity contribution in [3.05, 3.63) is 18.2 Å². The van der Waals surface area contributed by atoms with Crippen LogP contribution in [0.3, 0.4) is 0 Å². The van der Waals surface area contributed by atoms with E-state index in [2.05, 4.69) is 32.6 Å². The lowest BCUT2D eigenvalue weighted by molar-refractivity contribution is 0.142. The molecule has 6 nitrogen and oxygen atoms in total. The van der Waals surface area contributed by atoms with Gasteiger partial charge >= 0.3 is 0 Å². The molecular formula is C14H25N3O3S. The Kier molecular flexibility index (Phi) is 6.00. The smallest absolute Gasteiger partial charge is 0.240 e. The van der Waals surface area contributed by atoms with Crippen molar-refractivity contribution in [1.29, 1.82) is 0 Å². The predicted octanol–water partition coefficient (Wildman–Crippen LogP) is 1.41. The second kappa shape index (κ2) is 7.11. The molecule has 0 saturated carbocycles. The summed E-state index contributed by atoms with van der Waals surface area (Å²) in [7, 11) is -3.80. The lowest BCUT2D eigenvalue weighted by Gasteiger charge is -2.30. The maximum absolute atomic E-state index is 11.3. The topological polar surface area (TPSA) is 98.6 Å². The number of ether oxygens (including phenoxy) is 1. The quantitative estimate of drug-likeness (QED) is 0.741. The van der Waals surface area contributed by atoms with E-state index in [0.717, 1.165) is 6.54 Å². The molecule has 0 amide bonds. The van der Waals surface area contributed by atoms with Gasteiger partial charge in [0.1, 0.15) is 17.3 Å². The molecule has 0 aromatic heterocycles. The van der Waals surface area contributed by atoms with E-state index in [9.17, 15) is 8.42 Å². The molecule has 4 N–H and O–H groups in total. The van der Waals surface area contributed by atoms with Crippen molar-refractivity contribution in [3.63, 3.8) is 0 Å². The molecule has 0 bridgehead atoms. The highest BCUT2D eigenvalue weighted by Gasteiger charge is 2.14. The number of nitrogens with zero attached hydrogens (tertiary/aromatic N) is 1. The molecule has 0 spiro atoms. The monoisotopic (exact) mass is 315 g/mol. The number of hydrogen-bond donors (Lipinski definition) is 2. The van der Waals surface area contributed by atoms with Gasteiger partial charge in [0.2, 0.25) is 10.0 Å².